The highest BCUT2D eigenvalue weighted by atomic mass is 16.5. The summed E-state index contributed by atoms with van der Waals surface area (Å²) in [6.07, 6.45) is 10.4. The standard InChI is InChI=1S/C12H23N3O3.C3H8/c13-10(12(16)17)7-3-1-5-9-6-2-4-8-11(14-9)15-18;1-3-2/h1,3,9-11,14-15,18H,2,4-8,13H2,(H,16,17);3H2,1-2H3/b3-1+;/t9-,10?,11?;/m0./s1. The summed E-state index contributed by atoms with van der Waals surface area (Å²) in [6, 6.07) is -0.510. The first-order valence-electron chi connectivity index (χ1n) is 7.84. The summed E-state index contributed by atoms with van der Waals surface area (Å²) < 4.78 is 0. The second kappa shape index (κ2) is 12.8. The third-order valence-corrected chi connectivity index (χ3v) is 3.18. The van der Waals surface area contributed by atoms with E-state index >= 15 is 0 Å². The molecule has 0 aromatic rings. The van der Waals surface area contributed by atoms with Crippen LogP contribution in [0.3, 0.4) is 0 Å². The van der Waals surface area contributed by atoms with Crippen molar-refractivity contribution in [2.24, 2.45) is 5.73 Å². The van der Waals surface area contributed by atoms with Gasteiger partial charge in [-0.15, -0.1) is 0 Å². The van der Waals surface area contributed by atoms with Crippen LogP contribution in [0.4, 0.5) is 0 Å². The van der Waals surface area contributed by atoms with Crippen LogP contribution in [0.15, 0.2) is 12.2 Å². The molecule has 1 aliphatic heterocycles. The molecule has 1 rings (SSSR count). The average molecular weight is 301 g/mol. The normalized spacial score (nSPS) is 24.0. The second-order valence-corrected chi connectivity index (χ2v) is 5.42. The number of carbonyl (C=O) groups is 1. The van der Waals surface area contributed by atoms with E-state index in [2.05, 4.69) is 24.6 Å². The summed E-state index contributed by atoms with van der Waals surface area (Å²) in [5, 5.41) is 20.9. The Morgan fingerprint density at radius 2 is 2.00 bits per heavy atom. The third kappa shape index (κ3) is 10.4. The zero-order valence-corrected chi connectivity index (χ0v) is 13.2. The molecular formula is C15H31N3O3. The van der Waals surface area contributed by atoms with Crippen LogP contribution in [-0.2, 0) is 4.79 Å². The van der Waals surface area contributed by atoms with Crippen molar-refractivity contribution in [1.82, 2.24) is 10.8 Å². The summed E-state index contributed by atoms with van der Waals surface area (Å²) in [4.78, 5) is 10.5. The number of hydroxylamine groups is 1. The van der Waals surface area contributed by atoms with Gasteiger partial charge in [0.25, 0.3) is 0 Å². The number of rotatable bonds is 6. The van der Waals surface area contributed by atoms with E-state index in [0.29, 0.717) is 12.5 Å². The third-order valence-electron chi connectivity index (χ3n) is 3.18. The van der Waals surface area contributed by atoms with Crippen LogP contribution in [0.1, 0.15) is 58.8 Å². The number of carboxylic acid groups (broad SMARTS) is 1. The number of carboxylic acids is 1. The molecule has 3 atom stereocenters. The van der Waals surface area contributed by atoms with E-state index in [4.69, 9.17) is 16.0 Å². The Labute approximate surface area is 127 Å². The quantitative estimate of drug-likeness (QED) is 0.379. The fraction of sp³-hybridized carbons (Fsp3) is 0.800. The van der Waals surface area contributed by atoms with E-state index in [-0.39, 0.29) is 6.17 Å². The van der Waals surface area contributed by atoms with Crippen molar-refractivity contribution in [3.8, 4) is 0 Å². The maximum atomic E-state index is 10.5. The largest absolute Gasteiger partial charge is 0.480 e. The molecule has 1 heterocycles. The summed E-state index contributed by atoms with van der Waals surface area (Å²) in [5.41, 5.74) is 7.66. The van der Waals surface area contributed by atoms with Crippen molar-refractivity contribution >= 4 is 5.97 Å². The minimum absolute atomic E-state index is 0.0489. The Kier molecular flexibility index (Phi) is 12.2. The molecule has 0 aromatic carbocycles. The van der Waals surface area contributed by atoms with Gasteiger partial charge >= 0.3 is 5.97 Å². The zero-order chi connectivity index (χ0) is 16.1. The van der Waals surface area contributed by atoms with Crippen molar-refractivity contribution in [1.29, 1.82) is 0 Å². The maximum Gasteiger partial charge on any atom is 0.320 e. The fourth-order valence-electron chi connectivity index (χ4n) is 2.08. The number of hydrogen-bond donors (Lipinski definition) is 5. The topological polar surface area (TPSA) is 108 Å². The minimum Gasteiger partial charge on any atom is -0.480 e. The van der Waals surface area contributed by atoms with Gasteiger partial charge in [0.05, 0.1) is 6.17 Å². The van der Waals surface area contributed by atoms with Crippen molar-refractivity contribution < 1.29 is 15.1 Å². The van der Waals surface area contributed by atoms with E-state index in [0.717, 1.165) is 32.1 Å². The molecule has 0 radical (unpaired) electrons. The molecule has 0 bridgehead atoms. The highest BCUT2D eigenvalue weighted by Crippen LogP contribution is 2.14. The van der Waals surface area contributed by atoms with E-state index < -0.39 is 12.0 Å². The zero-order valence-electron chi connectivity index (χ0n) is 13.2. The Balaban J connectivity index is 0.00000122. The van der Waals surface area contributed by atoms with Gasteiger partial charge in [-0.1, -0.05) is 45.3 Å². The highest BCUT2D eigenvalue weighted by molar-refractivity contribution is 5.73. The number of nitrogens with two attached hydrogens (primary N) is 1. The van der Waals surface area contributed by atoms with E-state index in [9.17, 15) is 4.79 Å². The number of hydrogen-bond acceptors (Lipinski definition) is 5. The van der Waals surface area contributed by atoms with E-state index in [1.54, 1.807) is 0 Å². The monoisotopic (exact) mass is 301 g/mol. The van der Waals surface area contributed by atoms with Crippen molar-refractivity contribution in [2.45, 2.75) is 77.0 Å². The molecule has 2 unspecified atom stereocenters. The van der Waals surface area contributed by atoms with Crippen molar-refractivity contribution in [2.75, 3.05) is 0 Å². The Hall–Kier alpha value is -0.950. The molecule has 21 heavy (non-hydrogen) atoms. The van der Waals surface area contributed by atoms with Gasteiger partial charge in [-0.25, -0.2) is 0 Å². The molecule has 0 aliphatic carbocycles. The van der Waals surface area contributed by atoms with E-state index in [1.165, 1.54) is 6.42 Å². The molecule has 124 valence electrons. The molecule has 1 saturated heterocycles. The molecule has 0 amide bonds. The molecule has 1 aliphatic rings. The van der Waals surface area contributed by atoms with Gasteiger partial charge in [0.2, 0.25) is 0 Å². The summed E-state index contributed by atoms with van der Waals surface area (Å²) in [5.74, 6) is -0.975. The van der Waals surface area contributed by atoms with Crippen LogP contribution >= 0.6 is 0 Å². The Morgan fingerprint density at radius 1 is 1.38 bits per heavy atom. The number of aliphatic carboxylic acids is 1. The van der Waals surface area contributed by atoms with Crippen molar-refractivity contribution in [3.05, 3.63) is 12.2 Å². The molecule has 6 N–H and O–H groups in total. The van der Waals surface area contributed by atoms with Crippen molar-refractivity contribution in [3.63, 3.8) is 0 Å². The Bertz CT molecular complexity index is 298. The molecule has 0 saturated carbocycles. The summed E-state index contributed by atoms with van der Waals surface area (Å²) >= 11 is 0. The lowest BCUT2D eigenvalue weighted by atomic mass is 10.1. The molecule has 0 spiro atoms. The fourth-order valence-corrected chi connectivity index (χ4v) is 2.08. The number of nitrogens with one attached hydrogen (secondary N) is 2. The van der Waals surface area contributed by atoms with Gasteiger partial charge in [0, 0.05) is 6.04 Å². The van der Waals surface area contributed by atoms with Crippen LogP contribution in [0.25, 0.3) is 0 Å². The molecule has 1 fully saturated rings. The van der Waals surface area contributed by atoms with Gasteiger partial charge in [-0.2, -0.15) is 5.48 Å². The van der Waals surface area contributed by atoms with Gasteiger partial charge in [0.15, 0.2) is 0 Å². The molecular weight excluding hydrogens is 270 g/mol. The predicted molar refractivity (Wildman–Crippen MR) is 84.1 cm³/mol. The SMILES string of the molecule is CCC.NC(C/C=C/C[C@H]1CCCCC(NO)N1)C(=O)O. The van der Waals surface area contributed by atoms with Crippen LogP contribution in [0, 0.1) is 0 Å². The predicted octanol–water partition coefficient (Wildman–Crippen LogP) is 1.99. The summed E-state index contributed by atoms with van der Waals surface area (Å²) in [6.45, 7) is 4.25. The van der Waals surface area contributed by atoms with Gasteiger partial charge in [-0.3, -0.25) is 10.1 Å². The second-order valence-electron chi connectivity index (χ2n) is 5.42. The van der Waals surface area contributed by atoms with E-state index in [1.807, 2.05) is 12.2 Å². The van der Waals surface area contributed by atoms with Gasteiger partial charge in [0.1, 0.15) is 6.04 Å². The minimum atomic E-state index is -0.975. The molecule has 6 nitrogen and oxygen atoms in total. The Morgan fingerprint density at radius 3 is 2.57 bits per heavy atom. The van der Waals surface area contributed by atoms with Crippen LogP contribution in [0.5, 0.6) is 0 Å². The first-order chi connectivity index (χ1) is 10.0. The summed E-state index contributed by atoms with van der Waals surface area (Å²) in [7, 11) is 0. The lowest BCUT2D eigenvalue weighted by molar-refractivity contribution is -0.138. The van der Waals surface area contributed by atoms with Crippen LogP contribution < -0.4 is 16.5 Å². The van der Waals surface area contributed by atoms with Gasteiger partial charge < -0.3 is 16.0 Å². The maximum absolute atomic E-state index is 10.5. The highest BCUT2D eigenvalue weighted by Gasteiger charge is 2.17. The first kappa shape index (κ1) is 20.1. The smallest absolute Gasteiger partial charge is 0.320 e. The van der Waals surface area contributed by atoms with Gasteiger partial charge in [-0.05, 0) is 25.7 Å². The first-order valence-corrected chi connectivity index (χ1v) is 7.84. The average Bonchev–Trinajstić information content (AvgIpc) is 2.69. The molecule has 6 heteroatoms. The lowest BCUT2D eigenvalue weighted by Gasteiger charge is -2.20. The molecule has 0 aromatic heterocycles. The lowest BCUT2D eigenvalue weighted by Crippen LogP contribution is -2.44. The van der Waals surface area contributed by atoms with Crippen LogP contribution in [-0.4, -0.2) is 34.5 Å². The van der Waals surface area contributed by atoms with Crippen LogP contribution in [0.2, 0.25) is 0 Å².